The Balaban J connectivity index is 2.03. The van der Waals surface area contributed by atoms with Gasteiger partial charge in [0.2, 0.25) is 0 Å². The molecule has 2 aromatic rings. The lowest BCUT2D eigenvalue weighted by molar-refractivity contribution is -0.385. The quantitative estimate of drug-likeness (QED) is 0.486. The number of phenolic OH excluding ortho intramolecular Hbond substituents is 1. The maximum atomic E-state index is 12.8. The van der Waals surface area contributed by atoms with E-state index in [9.17, 15) is 24.8 Å². The molecule has 1 heterocycles. The topological polar surface area (TPSA) is 134 Å². The predicted octanol–water partition coefficient (Wildman–Crippen LogP) is 2.57. The molecule has 138 valence electrons. The van der Waals surface area contributed by atoms with Gasteiger partial charge in [-0.3, -0.25) is 14.9 Å². The average Bonchev–Trinajstić information content (AvgIpc) is 2.62. The zero-order chi connectivity index (χ0) is 19.6. The lowest BCUT2D eigenvalue weighted by Gasteiger charge is -2.29. The normalized spacial score (nSPS) is 16.3. The van der Waals surface area contributed by atoms with Gasteiger partial charge in [-0.15, -0.1) is 0 Å². The summed E-state index contributed by atoms with van der Waals surface area (Å²) in [6.07, 6.45) is 0. The summed E-state index contributed by atoms with van der Waals surface area (Å²) < 4.78 is 0. The van der Waals surface area contributed by atoms with E-state index in [1.54, 1.807) is 37.3 Å². The molecular formula is C18H16N4O5. The smallest absolute Gasteiger partial charge is 0.319 e. The zero-order valence-corrected chi connectivity index (χ0v) is 14.2. The second kappa shape index (κ2) is 7.16. The molecule has 27 heavy (non-hydrogen) atoms. The third kappa shape index (κ3) is 3.71. The van der Waals surface area contributed by atoms with Crippen LogP contribution in [0.4, 0.5) is 16.2 Å². The first kappa shape index (κ1) is 17.9. The highest BCUT2D eigenvalue weighted by atomic mass is 16.6. The van der Waals surface area contributed by atoms with E-state index >= 15 is 0 Å². The van der Waals surface area contributed by atoms with Gasteiger partial charge in [0.05, 0.1) is 16.5 Å². The average molecular weight is 368 g/mol. The molecule has 9 nitrogen and oxygen atoms in total. The molecule has 2 aromatic carbocycles. The van der Waals surface area contributed by atoms with Crippen LogP contribution >= 0.6 is 0 Å². The van der Waals surface area contributed by atoms with Gasteiger partial charge in [0.25, 0.3) is 11.6 Å². The fourth-order valence-corrected chi connectivity index (χ4v) is 2.83. The minimum absolute atomic E-state index is 0.0524. The van der Waals surface area contributed by atoms with Crippen molar-refractivity contribution in [2.75, 3.05) is 5.32 Å². The molecule has 0 aromatic heterocycles. The molecule has 1 atom stereocenters. The fraction of sp³-hybridized carbons (Fsp3) is 0.111. The summed E-state index contributed by atoms with van der Waals surface area (Å²) in [4.78, 5) is 35.2. The van der Waals surface area contributed by atoms with Crippen LogP contribution in [0.1, 0.15) is 18.5 Å². The predicted molar refractivity (Wildman–Crippen MR) is 96.9 cm³/mol. The summed E-state index contributed by atoms with van der Waals surface area (Å²) in [5.74, 6) is -0.785. The molecule has 4 N–H and O–H groups in total. The molecule has 1 aliphatic rings. The van der Waals surface area contributed by atoms with Crippen LogP contribution in [0.3, 0.4) is 0 Å². The van der Waals surface area contributed by atoms with E-state index in [1.165, 1.54) is 0 Å². The molecule has 0 saturated carbocycles. The highest BCUT2D eigenvalue weighted by molar-refractivity contribution is 6.06. The van der Waals surface area contributed by atoms with E-state index in [0.717, 1.165) is 18.2 Å². The van der Waals surface area contributed by atoms with Crippen molar-refractivity contribution in [3.05, 3.63) is 75.5 Å². The number of non-ortho nitro benzene ring substituents is 1. The maximum absolute atomic E-state index is 12.8. The standard InChI is InChI=1S/C18H16N4O5/c1-10-15(17(24)20-11-5-3-2-4-6-11)16(21-18(25)19-10)13-9-12(22(26)27)7-8-14(13)23/h2-9,16,23H,1H3,(H,20,24)(H2,19,21,25). The number of allylic oxidation sites excluding steroid dienone is 1. The SMILES string of the molecule is CC1=C(C(=O)Nc2ccccc2)C(c2cc([N+](=O)[O-])ccc2O)NC(=O)N1. The molecule has 3 amide bonds. The summed E-state index contributed by atoms with van der Waals surface area (Å²) in [6, 6.07) is 10.5. The molecule has 1 aliphatic heterocycles. The second-order valence-electron chi connectivity index (χ2n) is 5.89. The Bertz CT molecular complexity index is 955. The number of aromatic hydroxyl groups is 1. The van der Waals surface area contributed by atoms with Crippen LogP contribution < -0.4 is 16.0 Å². The number of hydrogen-bond donors (Lipinski definition) is 4. The summed E-state index contributed by atoms with van der Waals surface area (Å²) in [5, 5.41) is 29.0. The van der Waals surface area contributed by atoms with Crippen LogP contribution in [0.5, 0.6) is 5.75 Å². The van der Waals surface area contributed by atoms with Crippen LogP contribution in [0.25, 0.3) is 0 Å². The van der Waals surface area contributed by atoms with Crippen LogP contribution in [0.15, 0.2) is 59.8 Å². The van der Waals surface area contributed by atoms with Gasteiger partial charge >= 0.3 is 6.03 Å². The number of benzene rings is 2. The minimum atomic E-state index is -1.05. The highest BCUT2D eigenvalue weighted by Gasteiger charge is 2.33. The molecule has 3 rings (SSSR count). The van der Waals surface area contributed by atoms with Crippen LogP contribution in [-0.4, -0.2) is 22.0 Å². The van der Waals surface area contributed by atoms with Crippen LogP contribution in [-0.2, 0) is 4.79 Å². The Hall–Kier alpha value is -3.88. The summed E-state index contributed by atoms with van der Waals surface area (Å²) in [5.41, 5.74) is 0.742. The maximum Gasteiger partial charge on any atom is 0.319 e. The van der Waals surface area contributed by atoms with Crippen LogP contribution in [0, 0.1) is 10.1 Å². The first-order valence-corrected chi connectivity index (χ1v) is 7.99. The number of amides is 3. The van der Waals surface area contributed by atoms with Gasteiger partial charge in [-0.05, 0) is 25.1 Å². The Morgan fingerprint density at radius 2 is 1.93 bits per heavy atom. The van der Waals surface area contributed by atoms with E-state index in [4.69, 9.17) is 0 Å². The second-order valence-corrected chi connectivity index (χ2v) is 5.89. The van der Waals surface area contributed by atoms with Gasteiger partial charge in [-0.25, -0.2) is 4.79 Å². The van der Waals surface area contributed by atoms with E-state index in [1.807, 2.05) is 0 Å². The molecule has 0 bridgehead atoms. The first-order valence-electron chi connectivity index (χ1n) is 7.99. The summed E-state index contributed by atoms with van der Waals surface area (Å²) in [7, 11) is 0. The number of urea groups is 1. The molecule has 0 spiro atoms. The Kier molecular flexibility index (Phi) is 4.75. The van der Waals surface area contributed by atoms with Crippen LogP contribution in [0.2, 0.25) is 0 Å². The fourth-order valence-electron chi connectivity index (χ4n) is 2.83. The highest BCUT2D eigenvalue weighted by Crippen LogP contribution is 2.35. The molecule has 0 radical (unpaired) electrons. The van der Waals surface area contributed by atoms with E-state index in [2.05, 4.69) is 16.0 Å². The Morgan fingerprint density at radius 1 is 1.22 bits per heavy atom. The van der Waals surface area contributed by atoms with Crippen molar-refractivity contribution in [3.8, 4) is 5.75 Å². The van der Waals surface area contributed by atoms with E-state index < -0.39 is 22.9 Å². The number of phenols is 1. The van der Waals surface area contributed by atoms with Crippen molar-refractivity contribution < 1.29 is 19.6 Å². The van der Waals surface area contributed by atoms with E-state index in [0.29, 0.717) is 5.69 Å². The molecular weight excluding hydrogens is 352 g/mol. The molecule has 1 unspecified atom stereocenters. The van der Waals surface area contributed by atoms with Gasteiger partial charge in [-0.2, -0.15) is 0 Å². The number of nitro benzene ring substituents is 1. The molecule has 0 aliphatic carbocycles. The number of carbonyl (C=O) groups excluding carboxylic acids is 2. The molecule has 0 fully saturated rings. The number of nitrogens with zero attached hydrogens (tertiary/aromatic N) is 1. The lowest BCUT2D eigenvalue weighted by Crippen LogP contribution is -2.46. The van der Waals surface area contributed by atoms with Crippen molar-refractivity contribution in [1.29, 1.82) is 0 Å². The third-order valence-electron chi connectivity index (χ3n) is 4.08. The summed E-state index contributed by atoms with van der Waals surface area (Å²) >= 11 is 0. The number of para-hydroxylation sites is 1. The molecule has 9 heteroatoms. The monoisotopic (exact) mass is 368 g/mol. The van der Waals surface area contributed by atoms with Gasteiger partial charge in [0, 0.05) is 29.1 Å². The Labute approximate surface area is 153 Å². The Morgan fingerprint density at radius 3 is 2.59 bits per heavy atom. The number of hydrogen-bond acceptors (Lipinski definition) is 5. The van der Waals surface area contributed by atoms with Gasteiger partial charge in [0.1, 0.15) is 5.75 Å². The third-order valence-corrected chi connectivity index (χ3v) is 4.08. The van der Waals surface area contributed by atoms with Gasteiger partial charge in [0.15, 0.2) is 0 Å². The number of anilines is 1. The van der Waals surface area contributed by atoms with Crippen molar-refractivity contribution in [2.45, 2.75) is 13.0 Å². The van der Waals surface area contributed by atoms with Crippen molar-refractivity contribution >= 4 is 23.3 Å². The largest absolute Gasteiger partial charge is 0.508 e. The van der Waals surface area contributed by atoms with Crippen molar-refractivity contribution in [2.24, 2.45) is 0 Å². The number of nitro groups is 1. The zero-order valence-electron chi connectivity index (χ0n) is 14.2. The molecule has 0 saturated heterocycles. The minimum Gasteiger partial charge on any atom is -0.508 e. The van der Waals surface area contributed by atoms with Crippen molar-refractivity contribution in [3.63, 3.8) is 0 Å². The van der Waals surface area contributed by atoms with Gasteiger partial charge in [-0.1, -0.05) is 18.2 Å². The summed E-state index contributed by atoms with van der Waals surface area (Å²) in [6.45, 7) is 1.54. The number of carbonyl (C=O) groups is 2. The van der Waals surface area contributed by atoms with Crippen molar-refractivity contribution in [1.82, 2.24) is 10.6 Å². The number of rotatable bonds is 4. The number of nitrogens with one attached hydrogen (secondary N) is 3. The van der Waals surface area contributed by atoms with Gasteiger partial charge < -0.3 is 21.1 Å². The first-order chi connectivity index (χ1) is 12.9. The lowest BCUT2D eigenvalue weighted by atomic mass is 9.93. The van der Waals surface area contributed by atoms with E-state index in [-0.39, 0.29) is 28.3 Å².